The van der Waals surface area contributed by atoms with E-state index in [2.05, 4.69) is 0 Å². The van der Waals surface area contributed by atoms with Crippen LogP contribution in [0.5, 0.6) is 0 Å². The molecular formula is C21H22ClN3O6S2. The Balaban J connectivity index is 2.14. The van der Waals surface area contributed by atoms with Crippen molar-refractivity contribution in [3.8, 4) is 0 Å². The van der Waals surface area contributed by atoms with Crippen LogP contribution >= 0.6 is 11.6 Å². The number of carbonyl (C=O) groups is 1. The van der Waals surface area contributed by atoms with Gasteiger partial charge in [-0.15, -0.1) is 0 Å². The molecule has 3 N–H and O–H groups in total. The van der Waals surface area contributed by atoms with Crippen molar-refractivity contribution in [3.05, 3.63) is 71.5 Å². The van der Waals surface area contributed by atoms with Crippen LogP contribution in [0.15, 0.2) is 76.4 Å². The van der Waals surface area contributed by atoms with Crippen LogP contribution in [0.3, 0.4) is 0 Å². The topological polar surface area (TPSA) is 138 Å². The van der Waals surface area contributed by atoms with E-state index in [4.69, 9.17) is 22.1 Å². The molecule has 12 heteroatoms. The van der Waals surface area contributed by atoms with Crippen molar-refractivity contribution in [1.29, 1.82) is 0 Å². The number of aromatic nitrogens is 1. The van der Waals surface area contributed by atoms with E-state index in [1.165, 1.54) is 48.5 Å². The Morgan fingerprint density at radius 1 is 1.06 bits per heavy atom. The minimum Gasteiger partial charge on any atom is -0.455 e. The first-order valence-corrected chi connectivity index (χ1v) is 12.9. The molecule has 0 atom stereocenters. The number of nitrogens with one attached hydrogen (secondary N) is 1. The van der Waals surface area contributed by atoms with Crippen molar-refractivity contribution in [2.75, 3.05) is 0 Å². The number of hydrogen-bond acceptors (Lipinski definition) is 7. The Hall–Kier alpha value is -3.02. The number of ether oxygens (including phenoxy) is 1. The monoisotopic (exact) mass is 511 g/mol. The Morgan fingerprint density at radius 2 is 1.70 bits per heavy atom. The van der Waals surface area contributed by atoms with Gasteiger partial charge in [-0.05, 0) is 57.2 Å². The molecule has 176 valence electrons. The molecule has 3 aromatic rings. The van der Waals surface area contributed by atoms with E-state index in [9.17, 15) is 21.6 Å². The van der Waals surface area contributed by atoms with Crippen LogP contribution < -0.4 is 10.5 Å². The number of sulfonamides is 1. The summed E-state index contributed by atoms with van der Waals surface area (Å²) in [5, 5.41) is -0.00827. The van der Waals surface area contributed by atoms with Gasteiger partial charge in [-0.25, -0.2) is 17.2 Å². The van der Waals surface area contributed by atoms with Gasteiger partial charge in [0.05, 0.1) is 10.4 Å². The van der Waals surface area contributed by atoms with Gasteiger partial charge in [-0.2, -0.15) is 8.42 Å². The van der Waals surface area contributed by atoms with Crippen LogP contribution in [0.25, 0.3) is 10.9 Å². The van der Waals surface area contributed by atoms with Gasteiger partial charge in [0, 0.05) is 16.6 Å². The zero-order valence-corrected chi connectivity index (χ0v) is 20.3. The number of carbonyl (C=O) groups excluding carboxylic acids is 1. The number of rotatable bonds is 6. The number of nitrogens with zero attached hydrogens (tertiary/aromatic N) is 1. The van der Waals surface area contributed by atoms with Crippen LogP contribution in [0.1, 0.15) is 20.8 Å². The number of halogens is 1. The molecule has 3 rings (SSSR count). The van der Waals surface area contributed by atoms with E-state index in [1.807, 2.05) is 4.72 Å². The van der Waals surface area contributed by atoms with Gasteiger partial charge in [-0.1, -0.05) is 29.8 Å². The number of hydrogen-bond donors (Lipinski definition) is 2. The molecule has 0 aliphatic carbocycles. The lowest BCUT2D eigenvalue weighted by Crippen LogP contribution is -2.30. The molecule has 0 saturated carbocycles. The molecule has 33 heavy (non-hydrogen) atoms. The summed E-state index contributed by atoms with van der Waals surface area (Å²) in [6.45, 7) is 4.88. The zero-order valence-electron chi connectivity index (χ0n) is 17.9. The molecule has 0 fully saturated rings. The fourth-order valence-electron chi connectivity index (χ4n) is 2.87. The maximum Gasteiger partial charge on any atom is 0.356 e. The van der Waals surface area contributed by atoms with Gasteiger partial charge in [0.2, 0.25) is 0 Å². The molecular weight excluding hydrogens is 490 g/mol. The smallest absolute Gasteiger partial charge is 0.356 e. The fraction of sp³-hybridized carbons (Fsp3) is 0.190. The number of fused-ring (bicyclic) bond motifs is 1. The Labute approximate surface area is 196 Å². The molecule has 0 aliphatic heterocycles. The quantitative estimate of drug-likeness (QED) is 0.383. The molecule has 9 nitrogen and oxygen atoms in total. The van der Waals surface area contributed by atoms with Crippen molar-refractivity contribution >= 4 is 48.5 Å². The van der Waals surface area contributed by atoms with Gasteiger partial charge in [-0.3, -0.25) is 4.72 Å². The number of benzene rings is 2. The van der Waals surface area contributed by atoms with Crippen LogP contribution in [0, 0.1) is 0 Å². The second kappa shape index (κ2) is 8.73. The summed E-state index contributed by atoms with van der Waals surface area (Å²) < 4.78 is 60.8. The van der Waals surface area contributed by atoms with E-state index in [1.54, 1.807) is 26.8 Å². The van der Waals surface area contributed by atoms with Crippen LogP contribution in [-0.2, 0) is 29.6 Å². The van der Waals surface area contributed by atoms with Crippen LogP contribution in [-0.4, -0.2) is 32.4 Å². The van der Waals surface area contributed by atoms with Crippen LogP contribution in [0.4, 0.5) is 0 Å². The van der Waals surface area contributed by atoms with Crippen molar-refractivity contribution in [3.63, 3.8) is 0 Å². The molecule has 0 bridgehead atoms. The van der Waals surface area contributed by atoms with Gasteiger partial charge in [0.25, 0.3) is 20.0 Å². The second-order valence-electron chi connectivity index (χ2n) is 7.99. The highest BCUT2D eigenvalue weighted by Crippen LogP contribution is 2.30. The summed E-state index contributed by atoms with van der Waals surface area (Å²) in [5.41, 5.74) is 4.39. The molecule has 0 radical (unpaired) electrons. The van der Waals surface area contributed by atoms with Crippen molar-refractivity contribution in [1.82, 2.24) is 8.69 Å². The molecule has 0 amide bonds. The largest absolute Gasteiger partial charge is 0.455 e. The fourth-order valence-corrected chi connectivity index (χ4v) is 6.06. The van der Waals surface area contributed by atoms with Gasteiger partial charge < -0.3 is 10.5 Å². The maximum absolute atomic E-state index is 13.4. The summed E-state index contributed by atoms with van der Waals surface area (Å²) >= 11 is 6.01. The second-order valence-corrected chi connectivity index (χ2v) is 11.9. The van der Waals surface area contributed by atoms with E-state index >= 15 is 0 Å². The SMILES string of the molecule is CC(C)(C)OC(=O)/C(N)=C\NS(=O)(=O)c1cc2cc(Cl)ccc2n1S(=O)(=O)c1ccccc1. The third-order valence-electron chi connectivity index (χ3n) is 4.25. The summed E-state index contributed by atoms with van der Waals surface area (Å²) in [6.07, 6.45) is 0.744. The molecule has 1 heterocycles. The lowest BCUT2D eigenvalue weighted by Gasteiger charge is -2.19. The first-order chi connectivity index (χ1) is 15.2. The first-order valence-electron chi connectivity index (χ1n) is 9.55. The van der Waals surface area contributed by atoms with Crippen molar-refractivity contribution in [2.24, 2.45) is 5.73 Å². The average Bonchev–Trinajstić information content (AvgIpc) is 3.11. The van der Waals surface area contributed by atoms with Crippen LogP contribution in [0.2, 0.25) is 5.02 Å². The molecule has 0 saturated heterocycles. The van der Waals surface area contributed by atoms with Crippen molar-refractivity contribution in [2.45, 2.75) is 36.3 Å². The normalized spacial score (nSPS) is 13.2. The summed E-state index contributed by atoms with van der Waals surface area (Å²) in [5.74, 6) is -0.936. The van der Waals surface area contributed by atoms with Crippen molar-refractivity contribution < 1.29 is 26.4 Å². The Morgan fingerprint density at radius 3 is 2.30 bits per heavy atom. The lowest BCUT2D eigenvalue weighted by atomic mass is 10.2. The maximum atomic E-state index is 13.4. The summed E-state index contributed by atoms with van der Waals surface area (Å²) in [6, 6.07) is 12.8. The molecule has 1 aromatic heterocycles. The molecule has 0 spiro atoms. The van der Waals surface area contributed by atoms with Gasteiger partial charge in [0.1, 0.15) is 11.3 Å². The summed E-state index contributed by atoms with van der Waals surface area (Å²) in [4.78, 5) is 11.9. The highest BCUT2D eigenvalue weighted by molar-refractivity contribution is 7.92. The predicted octanol–water partition coefficient (Wildman–Crippen LogP) is 2.95. The molecule has 2 aromatic carbocycles. The minimum absolute atomic E-state index is 0.104. The molecule has 0 aliphatic rings. The van der Waals surface area contributed by atoms with E-state index < -0.39 is 42.3 Å². The number of esters is 1. The summed E-state index contributed by atoms with van der Waals surface area (Å²) in [7, 11) is -8.82. The molecule has 0 unspecified atom stereocenters. The highest BCUT2D eigenvalue weighted by Gasteiger charge is 2.30. The standard InChI is InChI=1S/C21H22ClN3O6S2/c1-21(2,3)31-20(26)17(23)13-24-32(27,28)19-12-14-11-15(22)9-10-18(14)25(19)33(29,30)16-7-5-4-6-8-16/h4-13,24H,23H2,1-3H3/b17-13+. The predicted molar refractivity (Wildman–Crippen MR) is 124 cm³/mol. The Kier molecular flexibility index (Phi) is 6.51. The highest BCUT2D eigenvalue weighted by atomic mass is 35.5. The van der Waals surface area contributed by atoms with Gasteiger partial charge in [0.15, 0.2) is 5.03 Å². The Bertz CT molecular complexity index is 1450. The lowest BCUT2D eigenvalue weighted by molar-refractivity contribution is -0.149. The third-order valence-corrected chi connectivity index (χ3v) is 7.62. The van der Waals surface area contributed by atoms with E-state index in [0.29, 0.717) is 9.00 Å². The number of nitrogens with two attached hydrogens (primary N) is 1. The average molecular weight is 512 g/mol. The van der Waals surface area contributed by atoms with E-state index in [-0.39, 0.29) is 15.8 Å². The first kappa shape index (κ1) is 24.6. The van der Waals surface area contributed by atoms with E-state index in [0.717, 1.165) is 6.20 Å². The zero-order chi connectivity index (χ0) is 24.6. The van der Waals surface area contributed by atoms with Gasteiger partial charge >= 0.3 is 5.97 Å². The minimum atomic E-state index is -4.50. The third kappa shape index (κ3) is 5.32.